The molecule has 0 saturated heterocycles. The lowest BCUT2D eigenvalue weighted by Gasteiger charge is -2.12. The van der Waals surface area contributed by atoms with Crippen LogP contribution in [0.4, 0.5) is 11.4 Å². The number of amides is 2. The Morgan fingerprint density at radius 2 is 1.80 bits per heavy atom. The number of rotatable bonds is 4. The molecule has 0 aliphatic heterocycles. The van der Waals surface area contributed by atoms with Crippen molar-refractivity contribution in [1.82, 2.24) is 9.97 Å². The molecule has 0 bridgehead atoms. The average Bonchev–Trinajstić information content (AvgIpc) is 2.61. The van der Waals surface area contributed by atoms with Gasteiger partial charge in [-0.1, -0.05) is 12.1 Å². The molecule has 1 aromatic heterocycles. The van der Waals surface area contributed by atoms with Gasteiger partial charge in [0, 0.05) is 12.6 Å². The number of nitrogens with one attached hydrogen (secondary N) is 2. The molecule has 0 aliphatic carbocycles. The van der Waals surface area contributed by atoms with Crippen LogP contribution < -0.4 is 15.4 Å². The molecule has 3 rings (SSSR count). The summed E-state index contributed by atoms with van der Waals surface area (Å²) in [7, 11) is 1.50. The number of methoxy groups -OCH3 is 1. The van der Waals surface area contributed by atoms with E-state index in [4.69, 9.17) is 4.74 Å². The molecule has 0 saturated carbocycles. The minimum absolute atomic E-state index is 0.186. The molecule has 1 heterocycles. The van der Waals surface area contributed by atoms with Crippen LogP contribution in [0.25, 0.3) is 11.0 Å². The summed E-state index contributed by atoms with van der Waals surface area (Å²) < 4.78 is 5.25. The summed E-state index contributed by atoms with van der Waals surface area (Å²) in [6.45, 7) is 1.41. The number of fused-ring (bicyclic) bond motifs is 1. The SMILES string of the molecule is COc1ccc(NC(C)=O)cc1NC(=O)c1cnc2ccccc2n1. The molecule has 0 spiro atoms. The van der Waals surface area contributed by atoms with E-state index in [9.17, 15) is 9.59 Å². The summed E-state index contributed by atoms with van der Waals surface area (Å²) in [6, 6.07) is 12.3. The Labute approximate surface area is 144 Å². The normalized spacial score (nSPS) is 10.3. The first-order valence-electron chi connectivity index (χ1n) is 7.55. The quantitative estimate of drug-likeness (QED) is 0.764. The van der Waals surface area contributed by atoms with Crippen LogP contribution in [0.15, 0.2) is 48.7 Å². The van der Waals surface area contributed by atoms with Gasteiger partial charge in [-0.05, 0) is 30.3 Å². The van der Waals surface area contributed by atoms with Crippen molar-refractivity contribution in [2.24, 2.45) is 0 Å². The number of anilines is 2. The zero-order valence-electron chi connectivity index (χ0n) is 13.7. The summed E-state index contributed by atoms with van der Waals surface area (Å²) >= 11 is 0. The van der Waals surface area contributed by atoms with Crippen molar-refractivity contribution >= 4 is 34.2 Å². The number of benzene rings is 2. The summed E-state index contributed by atoms with van der Waals surface area (Å²) in [4.78, 5) is 32.2. The fourth-order valence-corrected chi connectivity index (χ4v) is 2.34. The third kappa shape index (κ3) is 3.72. The maximum atomic E-state index is 12.5. The van der Waals surface area contributed by atoms with Crippen molar-refractivity contribution in [2.75, 3.05) is 17.7 Å². The zero-order chi connectivity index (χ0) is 17.8. The van der Waals surface area contributed by atoms with Gasteiger partial charge >= 0.3 is 0 Å². The van der Waals surface area contributed by atoms with Crippen LogP contribution in [0.2, 0.25) is 0 Å². The Balaban J connectivity index is 1.89. The summed E-state index contributed by atoms with van der Waals surface area (Å²) in [5, 5.41) is 5.40. The van der Waals surface area contributed by atoms with E-state index in [1.807, 2.05) is 18.2 Å². The molecule has 3 aromatic rings. The Kier molecular flexibility index (Phi) is 4.56. The maximum Gasteiger partial charge on any atom is 0.275 e. The number of hydrogen-bond acceptors (Lipinski definition) is 5. The average molecular weight is 336 g/mol. The van der Waals surface area contributed by atoms with Crippen molar-refractivity contribution in [1.29, 1.82) is 0 Å². The van der Waals surface area contributed by atoms with Gasteiger partial charge in [-0.3, -0.25) is 14.6 Å². The highest BCUT2D eigenvalue weighted by atomic mass is 16.5. The molecule has 0 unspecified atom stereocenters. The zero-order valence-corrected chi connectivity index (χ0v) is 13.7. The van der Waals surface area contributed by atoms with Crippen LogP contribution >= 0.6 is 0 Å². The van der Waals surface area contributed by atoms with E-state index < -0.39 is 5.91 Å². The van der Waals surface area contributed by atoms with Crippen molar-refractivity contribution in [3.05, 3.63) is 54.4 Å². The first kappa shape index (κ1) is 16.4. The van der Waals surface area contributed by atoms with Gasteiger partial charge in [-0.2, -0.15) is 0 Å². The second-order valence-electron chi connectivity index (χ2n) is 5.29. The topological polar surface area (TPSA) is 93.2 Å². The first-order chi connectivity index (χ1) is 12.1. The lowest BCUT2D eigenvalue weighted by molar-refractivity contribution is -0.114. The van der Waals surface area contributed by atoms with E-state index in [2.05, 4.69) is 20.6 Å². The molecule has 25 heavy (non-hydrogen) atoms. The van der Waals surface area contributed by atoms with E-state index in [1.54, 1.807) is 24.3 Å². The summed E-state index contributed by atoms with van der Waals surface area (Å²) in [5.41, 5.74) is 2.51. The van der Waals surface area contributed by atoms with Crippen LogP contribution in [0.1, 0.15) is 17.4 Å². The second-order valence-corrected chi connectivity index (χ2v) is 5.29. The Bertz CT molecular complexity index is 956. The van der Waals surface area contributed by atoms with Crippen LogP contribution in [-0.2, 0) is 4.79 Å². The van der Waals surface area contributed by atoms with E-state index >= 15 is 0 Å². The molecule has 2 aromatic carbocycles. The minimum atomic E-state index is -0.420. The van der Waals surface area contributed by atoms with Crippen LogP contribution in [0.3, 0.4) is 0 Å². The smallest absolute Gasteiger partial charge is 0.275 e. The molecule has 126 valence electrons. The third-order valence-electron chi connectivity index (χ3n) is 3.45. The molecular formula is C18H16N4O3. The Hall–Kier alpha value is -3.48. The number of ether oxygens (including phenoxy) is 1. The molecule has 0 aliphatic rings. The van der Waals surface area contributed by atoms with Gasteiger partial charge in [-0.25, -0.2) is 4.98 Å². The van der Waals surface area contributed by atoms with Gasteiger partial charge in [0.1, 0.15) is 11.4 Å². The molecule has 7 nitrogen and oxygen atoms in total. The van der Waals surface area contributed by atoms with Gasteiger partial charge in [0.2, 0.25) is 5.91 Å². The highest BCUT2D eigenvalue weighted by Crippen LogP contribution is 2.28. The predicted octanol–water partition coefficient (Wildman–Crippen LogP) is 2.85. The molecule has 7 heteroatoms. The lowest BCUT2D eigenvalue weighted by atomic mass is 10.2. The summed E-state index contributed by atoms with van der Waals surface area (Å²) in [5.74, 6) is -0.157. The molecule has 0 atom stereocenters. The molecular weight excluding hydrogens is 320 g/mol. The van der Waals surface area contributed by atoms with Crippen molar-refractivity contribution < 1.29 is 14.3 Å². The number of carbonyl (C=O) groups excluding carboxylic acids is 2. The van der Waals surface area contributed by atoms with Gasteiger partial charge < -0.3 is 15.4 Å². The molecule has 2 N–H and O–H groups in total. The highest BCUT2D eigenvalue weighted by Gasteiger charge is 2.13. The number of aromatic nitrogens is 2. The Morgan fingerprint density at radius 1 is 1.04 bits per heavy atom. The van der Waals surface area contributed by atoms with Crippen molar-refractivity contribution in [3.63, 3.8) is 0 Å². The van der Waals surface area contributed by atoms with E-state index in [-0.39, 0.29) is 11.6 Å². The minimum Gasteiger partial charge on any atom is -0.495 e. The van der Waals surface area contributed by atoms with E-state index in [0.717, 1.165) is 0 Å². The number of nitrogens with zero attached hydrogens (tertiary/aromatic N) is 2. The first-order valence-corrected chi connectivity index (χ1v) is 7.55. The lowest BCUT2D eigenvalue weighted by Crippen LogP contribution is -2.15. The largest absolute Gasteiger partial charge is 0.495 e. The standard InChI is InChI=1S/C18H16N4O3/c1-11(23)20-12-7-8-17(25-2)15(9-12)22-18(24)16-10-19-13-5-3-4-6-14(13)21-16/h3-10H,1-2H3,(H,20,23)(H,22,24). The fraction of sp³-hybridized carbons (Fsp3) is 0.111. The number of hydrogen-bond donors (Lipinski definition) is 2. The van der Waals surface area contributed by atoms with E-state index in [1.165, 1.54) is 20.2 Å². The van der Waals surface area contributed by atoms with E-state index in [0.29, 0.717) is 28.2 Å². The van der Waals surface area contributed by atoms with Gasteiger partial charge in [0.05, 0.1) is 30.0 Å². The third-order valence-corrected chi connectivity index (χ3v) is 3.45. The van der Waals surface area contributed by atoms with Crippen LogP contribution in [-0.4, -0.2) is 28.9 Å². The second kappa shape index (κ2) is 6.96. The predicted molar refractivity (Wildman–Crippen MR) is 94.8 cm³/mol. The molecule has 0 radical (unpaired) electrons. The molecule has 0 fully saturated rings. The maximum absolute atomic E-state index is 12.5. The monoisotopic (exact) mass is 336 g/mol. The van der Waals surface area contributed by atoms with Crippen LogP contribution in [0, 0.1) is 0 Å². The highest BCUT2D eigenvalue weighted by molar-refractivity contribution is 6.04. The Morgan fingerprint density at radius 3 is 2.52 bits per heavy atom. The number of carbonyl (C=O) groups is 2. The van der Waals surface area contributed by atoms with Crippen molar-refractivity contribution in [3.8, 4) is 5.75 Å². The molecule has 2 amide bonds. The van der Waals surface area contributed by atoms with Crippen molar-refractivity contribution in [2.45, 2.75) is 6.92 Å². The number of para-hydroxylation sites is 2. The van der Waals surface area contributed by atoms with Gasteiger partial charge in [0.25, 0.3) is 5.91 Å². The van der Waals surface area contributed by atoms with Gasteiger partial charge in [-0.15, -0.1) is 0 Å². The fourth-order valence-electron chi connectivity index (χ4n) is 2.34. The van der Waals surface area contributed by atoms with Gasteiger partial charge in [0.15, 0.2) is 0 Å². The van der Waals surface area contributed by atoms with Crippen LogP contribution in [0.5, 0.6) is 5.75 Å². The summed E-state index contributed by atoms with van der Waals surface area (Å²) in [6.07, 6.45) is 1.42.